The molecule has 0 aliphatic rings. The van der Waals surface area contributed by atoms with Gasteiger partial charge in [-0.1, -0.05) is 27.7 Å². The molecule has 9 heteroatoms. The van der Waals surface area contributed by atoms with Crippen LogP contribution in [-0.2, 0) is 4.79 Å². The van der Waals surface area contributed by atoms with Gasteiger partial charge in [0.15, 0.2) is 5.52 Å². The van der Waals surface area contributed by atoms with Crippen LogP contribution in [0, 0.1) is 10.1 Å². The molecule has 0 saturated heterocycles. The van der Waals surface area contributed by atoms with E-state index in [-0.39, 0.29) is 17.1 Å². The number of carbonyl (C=O) groups is 1. The van der Waals surface area contributed by atoms with Crippen molar-refractivity contribution in [3.63, 3.8) is 0 Å². The minimum absolute atomic E-state index is 0.0498. The van der Waals surface area contributed by atoms with Crippen LogP contribution < -0.4 is 10.6 Å². The normalized spacial score (nSPS) is 11.4. The Labute approximate surface area is 139 Å². The number of hydrogen-bond acceptors (Lipinski definition) is 6. The van der Waals surface area contributed by atoms with Crippen LogP contribution in [0.2, 0.25) is 0 Å². The predicted octanol–water partition coefficient (Wildman–Crippen LogP) is 2.48. The average Bonchev–Trinajstić information content (AvgIpc) is 2.93. The van der Waals surface area contributed by atoms with Crippen LogP contribution in [0.4, 0.5) is 11.4 Å². The van der Waals surface area contributed by atoms with E-state index >= 15 is 0 Å². The van der Waals surface area contributed by atoms with E-state index in [4.69, 9.17) is 4.52 Å². The standard InChI is InChI=1S/C13H15IN4O4/c1-13(2,16-11(19)5-14)7-15-9-3-4-10(18(20)21)12-8(9)6-22-17-12/h3-4,6,15H,5,7H2,1-2H3,(H,16,19). The SMILES string of the molecule is CC(C)(CNc1ccc([N+](=O)[O-])c2nocc12)NC(=O)CI. The Morgan fingerprint density at radius 3 is 2.86 bits per heavy atom. The van der Waals surface area contributed by atoms with Crippen LogP contribution in [0.3, 0.4) is 0 Å². The number of carbonyl (C=O) groups excluding carboxylic acids is 1. The van der Waals surface area contributed by atoms with Crippen molar-refractivity contribution in [2.45, 2.75) is 19.4 Å². The number of non-ortho nitro benzene ring substituents is 1. The summed E-state index contributed by atoms with van der Waals surface area (Å²) in [7, 11) is 0. The number of hydrogen-bond donors (Lipinski definition) is 2. The molecule has 0 aliphatic heterocycles. The number of alkyl halides is 1. The first-order chi connectivity index (χ1) is 10.3. The monoisotopic (exact) mass is 418 g/mol. The fourth-order valence-electron chi connectivity index (χ4n) is 2.02. The van der Waals surface area contributed by atoms with E-state index in [1.54, 1.807) is 6.07 Å². The summed E-state index contributed by atoms with van der Waals surface area (Å²) >= 11 is 2.00. The van der Waals surface area contributed by atoms with Crippen molar-refractivity contribution in [1.29, 1.82) is 0 Å². The molecule has 0 spiro atoms. The van der Waals surface area contributed by atoms with Crippen molar-refractivity contribution in [3.8, 4) is 0 Å². The number of aromatic nitrogens is 1. The Hall–Kier alpha value is -1.91. The largest absolute Gasteiger partial charge is 0.382 e. The van der Waals surface area contributed by atoms with Crippen molar-refractivity contribution in [2.75, 3.05) is 16.3 Å². The number of benzene rings is 1. The Balaban J connectivity index is 2.19. The van der Waals surface area contributed by atoms with Gasteiger partial charge in [-0.2, -0.15) is 0 Å². The molecule has 2 rings (SSSR count). The van der Waals surface area contributed by atoms with Gasteiger partial charge in [-0.15, -0.1) is 0 Å². The molecule has 0 fully saturated rings. The molecule has 22 heavy (non-hydrogen) atoms. The third-order valence-electron chi connectivity index (χ3n) is 3.03. The van der Waals surface area contributed by atoms with Crippen molar-refractivity contribution in [1.82, 2.24) is 10.5 Å². The average molecular weight is 418 g/mol. The number of halogens is 1. The third kappa shape index (κ3) is 3.64. The fraction of sp³-hybridized carbons (Fsp3) is 0.385. The molecule has 2 N–H and O–H groups in total. The van der Waals surface area contributed by atoms with E-state index in [0.29, 0.717) is 22.0 Å². The molecule has 8 nitrogen and oxygen atoms in total. The van der Waals surface area contributed by atoms with Gasteiger partial charge < -0.3 is 15.2 Å². The number of nitrogens with zero attached hydrogens (tertiary/aromatic N) is 2. The molecule has 1 amide bonds. The van der Waals surface area contributed by atoms with E-state index in [9.17, 15) is 14.9 Å². The molecule has 0 atom stereocenters. The Bertz CT molecular complexity index is 713. The third-order valence-corrected chi connectivity index (χ3v) is 3.72. The molecule has 0 unspecified atom stereocenters. The number of fused-ring (bicyclic) bond motifs is 1. The van der Waals surface area contributed by atoms with Gasteiger partial charge in [0.25, 0.3) is 5.69 Å². The van der Waals surface area contributed by atoms with Gasteiger partial charge in [0, 0.05) is 18.3 Å². The van der Waals surface area contributed by atoms with Gasteiger partial charge in [0.2, 0.25) is 5.91 Å². The van der Waals surface area contributed by atoms with Crippen LogP contribution in [0.5, 0.6) is 0 Å². The maximum atomic E-state index is 11.5. The second-order valence-corrected chi connectivity index (χ2v) is 6.15. The highest BCUT2D eigenvalue weighted by Gasteiger charge is 2.22. The van der Waals surface area contributed by atoms with Crippen molar-refractivity contribution < 1.29 is 14.2 Å². The second kappa shape index (κ2) is 6.46. The fourth-order valence-corrected chi connectivity index (χ4v) is 2.21. The number of nitro benzene ring substituents is 1. The lowest BCUT2D eigenvalue weighted by molar-refractivity contribution is -0.383. The summed E-state index contributed by atoms with van der Waals surface area (Å²) in [5.74, 6) is -0.0498. The number of amides is 1. The Morgan fingerprint density at radius 1 is 1.50 bits per heavy atom. The van der Waals surface area contributed by atoms with E-state index in [0.717, 1.165) is 0 Å². The zero-order valence-corrected chi connectivity index (χ0v) is 14.2. The molecular weight excluding hydrogens is 403 g/mol. The molecule has 2 aromatic rings. The topological polar surface area (TPSA) is 110 Å². The highest BCUT2D eigenvalue weighted by Crippen LogP contribution is 2.30. The number of anilines is 1. The maximum Gasteiger partial charge on any atom is 0.299 e. The summed E-state index contributed by atoms with van der Waals surface area (Å²) in [6, 6.07) is 2.98. The van der Waals surface area contributed by atoms with Gasteiger partial charge in [-0.25, -0.2) is 0 Å². The van der Waals surface area contributed by atoms with Crippen LogP contribution in [0.1, 0.15) is 13.8 Å². The number of nitro groups is 1. The van der Waals surface area contributed by atoms with E-state index < -0.39 is 10.5 Å². The quantitative estimate of drug-likeness (QED) is 0.323. The first-order valence-electron chi connectivity index (χ1n) is 6.46. The molecule has 0 aliphatic carbocycles. The zero-order chi connectivity index (χ0) is 16.3. The highest BCUT2D eigenvalue weighted by molar-refractivity contribution is 14.1. The first kappa shape index (κ1) is 16.5. The molecule has 0 saturated carbocycles. The predicted molar refractivity (Wildman–Crippen MR) is 90.3 cm³/mol. The van der Waals surface area contributed by atoms with Gasteiger partial charge in [0.1, 0.15) is 6.26 Å². The van der Waals surface area contributed by atoms with Gasteiger partial charge in [-0.3, -0.25) is 14.9 Å². The molecule has 118 valence electrons. The highest BCUT2D eigenvalue weighted by atomic mass is 127. The molecule has 0 radical (unpaired) electrons. The Kier molecular flexibility index (Phi) is 4.84. The van der Waals surface area contributed by atoms with Crippen molar-refractivity contribution in [2.24, 2.45) is 0 Å². The summed E-state index contributed by atoms with van der Waals surface area (Å²) in [4.78, 5) is 21.9. The summed E-state index contributed by atoms with van der Waals surface area (Å²) in [6.07, 6.45) is 1.36. The van der Waals surface area contributed by atoms with Gasteiger partial charge in [0.05, 0.1) is 20.3 Å². The van der Waals surface area contributed by atoms with Crippen molar-refractivity contribution in [3.05, 3.63) is 28.5 Å². The van der Waals surface area contributed by atoms with E-state index in [1.165, 1.54) is 12.3 Å². The maximum absolute atomic E-state index is 11.5. The summed E-state index contributed by atoms with van der Waals surface area (Å²) in [6.45, 7) is 4.23. The zero-order valence-electron chi connectivity index (χ0n) is 12.1. The van der Waals surface area contributed by atoms with Crippen LogP contribution in [0.15, 0.2) is 22.9 Å². The molecule has 1 aromatic heterocycles. The number of rotatable bonds is 6. The van der Waals surface area contributed by atoms with Gasteiger partial charge >= 0.3 is 0 Å². The first-order valence-corrected chi connectivity index (χ1v) is 7.99. The van der Waals surface area contributed by atoms with E-state index in [2.05, 4.69) is 15.8 Å². The van der Waals surface area contributed by atoms with Gasteiger partial charge in [-0.05, 0) is 19.9 Å². The minimum Gasteiger partial charge on any atom is -0.382 e. The molecule has 1 aromatic carbocycles. The lowest BCUT2D eigenvalue weighted by Gasteiger charge is -2.27. The molecule has 1 heterocycles. The molecule has 0 bridgehead atoms. The lowest BCUT2D eigenvalue weighted by Crippen LogP contribution is -2.48. The second-order valence-electron chi connectivity index (χ2n) is 5.39. The smallest absolute Gasteiger partial charge is 0.299 e. The summed E-state index contributed by atoms with van der Waals surface area (Å²) in [5.41, 5.74) is 0.294. The number of nitrogens with one attached hydrogen (secondary N) is 2. The van der Waals surface area contributed by atoms with Crippen molar-refractivity contribution >= 4 is 50.8 Å². The summed E-state index contributed by atoms with van der Waals surface area (Å²) < 4.78 is 5.23. The van der Waals surface area contributed by atoms with Crippen LogP contribution in [-0.4, -0.2) is 32.5 Å². The Morgan fingerprint density at radius 2 is 2.23 bits per heavy atom. The minimum atomic E-state index is -0.501. The van der Waals surface area contributed by atoms with Crippen LogP contribution >= 0.6 is 22.6 Å². The van der Waals surface area contributed by atoms with E-state index in [1.807, 2.05) is 36.4 Å². The summed E-state index contributed by atoms with van der Waals surface area (Å²) in [5, 5.41) is 21.2. The lowest BCUT2D eigenvalue weighted by atomic mass is 10.1. The molecular formula is C13H15IN4O4. The van der Waals surface area contributed by atoms with Crippen LogP contribution in [0.25, 0.3) is 10.9 Å².